The van der Waals surface area contributed by atoms with Crippen LogP contribution in [0.2, 0.25) is 0 Å². The lowest BCUT2D eigenvalue weighted by atomic mass is 10.0. The number of aromatic amines is 1. The van der Waals surface area contributed by atoms with Gasteiger partial charge >= 0.3 is 0 Å². The Hall–Kier alpha value is -2.75. The molecule has 4 nitrogen and oxygen atoms in total. The largest absolute Gasteiger partial charge is 0.399 e. The van der Waals surface area contributed by atoms with E-state index in [1.54, 1.807) is 24.4 Å². The molecule has 0 fully saturated rings. The summed E-state index contributed by atoms with van der Waals surface area (Å²) in [7, 11) is 0. The minimum atomic E-state index is -0.0994. The molecule has 0 atom stereocenters. The molecule has 0 saturated carbocycles. The number of ketones is 1. The molecule has 2 aromatic carbocycles. The average Bonchev–Trinajstić information content (AvgIpc) is 2.80. The Balaban J connectivity index is 2.13. The molecule has 5 N–H and O–H groups in total. The van der Waals surface area contributed by atoms with Gasteiger partial charge in [0.1, 0.15) is 0 Å². The van der Waals surface area contributed by atoms with Gasteiger partial charge in [-0.2, -0.15) is 0 Å². The van der Waals surface area contributed by atoms with Gasteiger partial charge in [-0.25, -0.2) is 0 Å². The first-order chi connectivity index (χ1) is 9.56. The van der Waals surface area contributed by atoms with E-state index in [4.69, 9.17) is 11.5 Å². The normalized spacial score (nSPS) is 10.8. The fourth-order valence-electron chi connectivity index (χ4n) is 2.36. The van der Waals surface area contributed by atoms with Crippen LogP contribution < -0.4 is 11.5 Å². The summed E-state index contributed by atoms with van der Waals surface area (Å²) in [5.41, 5.74) is 15.7. The number of H-pyrrole nitrogens is 1. The van der Waals surface area contributed by atoms with Crippen molar-refractivity contribution in [1.82, 2.24) is 4.98 Å². The number of anilines is 2. The molecule has 1 aromatic heterocycles. The zero-order valence-corrected chi connectivity index (χ0v) is 11.1. The maximum atomic E-state index is 12.6. The Morgan fingerprint density at radius 1 is 1.05 bits per heavy atom. The molecular weight excluding hydrogens is 250 g/mol. The number of fused-ring (bicyclic) bond motifs is 1. The second-order valence-corrected chi connectivity index (χ2v) is 4.93. The van der Waals surface area contributed by atoms with Crippen molar-refractivity contribution in [2.24, 2.45) is 0 Å². The first-order valence-corrected chi connectivity index (χ1v) is 6.33. The van der Waals surface area contributed by atoms with Crippen LogP contribution in [-0.2, 0) is 0 Å². The standard InChI is InChI=1S/C16H15N3O/c1-9-2-4-11-13(8-19-15(11)6-9)16(20)12-5-3-10(17)7-14(12)18/h2-8,19H,17-18H2,1H3. The van der Waals surface area contributed by atoms with Crippen molar-refractivity contribution < 1.29 is 4.79 Å². The summed E-state index contributed by atoms with van der Waals surface area (Å²) in [4.78, 5) is 15.7. The predicted octanol–water partition coefficient (Wildman–Crippen LogP) is 2.87. The first kappa shape index (κ1) is 12.3. The maximum absolute atomic E-state index is 12.6. The number of aromatic nitrogens is 1. The Kier molecular flexibility index (Phi) is 2.71. The molecular formula is C16H15N3O. The van der Waals surface area contributed by atoms with Gasteiger partial charge in [-0.05, 0) is 36.8 Å². The SMILES string of the molecule is Cc1ccc2c(C(=O)c3ccc(N)cc3N)c[nH]c2c1. The average molecular weight is 265 g/mol. The summed E-state index contributed by atoms with van der Waals surface area (Å²) in [6.45, 7) is 2.01. The molecule has 3 rings (SSSR count). The zero-order chi connectivity index (χ0) is 14.3. The quantitative estimate of drug-likeness (QED) is 0.492. The molecule has 100 valence electrons. The van der Waals surface area contributed by atoms with Crippen LogP contribution in [0.1, 0.15) is 21.5 Å². The van der Waals surface area contributed by atoms with Crippen molar-refractivity contribution in [2.75, 3.05) is 11.5 Å². The fourth-order valence-corrected chi connectivity index (χ4v) is 2.36. The number of nitrogen functional groups attached to an aromatic ring is 2. The monoisotopic (exact) mass is 265 g/mol. The summed E-state index contributed by atoms with van der Waals surface area (Å²) in [5, 5.41) is 0.900. The molecule has 4 heteroatoms. The van der Waals surface area contributed by atoms with E-state index in [1.807, 2.05) is 25.1 Å². The molecule has 3 aromatic rings. The Morgan fingerprint density at radius 2 is 1.85 bits per heavy atom. The predicted molar refractivity (Wildman–Crippen MR) is 81.7 cm³/mol. The maximum Gasteiger partial charge on any atom is 0.197 e. The lowest BCUT2D eigenvalue weighted by Gasteiger charge is -2.05. The number of aryl methyl sites for hydroxylation is 1. The number of nitrogens with one attached hydrogen (secondary N) is 1. The van der Waals surface area contributed by atoms with Crippen molar-refractivity contribution in [3.05, 3.63) is 59.3 Å². The van der Waals surface area contributed by atoms with E-state index < -0.39 is 0 Å². The van der Waals surface area contributed by atoms with Crippen molar-refractivity contribution in [2.45, 2.75) is 6.92 Å². The van der Waals surface area contributed by atoms with Crippen LogP contribution in [0.4, 0.5) is 11.4 Å². The van der Waals surface area contributed by atoms with Crippen molar-refractivity contribution in [1.29, 1.82) is 0 Å². The van der Waals surface area contributed by atoms with E-state index in [-0.39, 0.29) is 5.78 Å². The van der Waals surface area contributed by atoms with Gasteiger partial charge in [0, 0.05) is 39.6 Å². The van der Waals surface area contributed by atoms with E-state index in [2.05, 4.69) is 4.98 Å². The molecule has 0 radical (unpaired) electrons. The highest BCUT2D eigenvalue weighted by atomic mass is 16.1. The molecule has 0 bridgehead atoms. The summed E-state index contributed by atoms with van der Waals surface area (Å²) in [6, 6.07) is 10.9. The van der Waals surface area contributed by atoms with Crippen LogP contribution in [0.3, 0.4) is 0 Å². The Morgan fingerprint density at radius 3 is 2.60 bits per heavy atom. The van der Waals surface area contributed by atoms with E-state index in [1.165, 1.54) is 0 Å². The third-order valence-corrected chi connectivity index (χ3v) is 3.40. The highest BCUT2D eigenvalue weighted by Gasteiger charge is 2.16. The topological polar surface area (TPSA) is 84.9 Å². The van der Waals surface area contributed by atoms with E-state index in [0.717, 1.165) is 16.5 Å². The van der Waals surface area contributed by atoms with Gasteiger partial charge in [0.15, 0.2) is 5.78 Å². The van der Waals surface area contributed by atoms with Crippen molar-refractivity contribution in [3.8, 4) is 0 Å². The Labute approximate surface area is 116 Å². The highest BCUT2D eigenvalue weighted by molar-refractivity contribution is 6.18. The van der Waals surface area contributed by atoms with Gasteiger partial charge in [0.2, 0.25) is 0 Å². The van der Waals surface area contributed by atoms with Gasteiger partial charge in [-0.15, -0.1) is 0 Å². The molecule has 0 aliphatic rings. The van der Waals surface area contributed by atoms with Gasteiger partial charge in [-0.1, -0.05) is 12.1 Å². The van der Waals surface area contributed by atoms with E-state index >= 15 is 0 Å². The number of benzene rings is 2. The summed E-state index contributed by atoms with van der Waals surface area (Å²) in [5.74, 6) is -0.0994. The Bertz CT molecular complexity index is 818. The molecule has 20 heavy (non-hydrogen) atoms. The van der Waals surface area contributed by atoms with Crippen LogP contribution in [0, 0.1) is 6.92 Å². The molecule has 0 saturated heterocycles. The van der Waals surface area contributed by atoms with Crippen LogP contribution >= 0.6 is 0 Å². The molecule has 0 aliphatic carbocycles. The van der Waals surface area contributed by atoms with Crippen LogP contribution in [0.15, 0.2) is 42.6 Å². The minimum Gasteiger partial charge on any atom is -0.399 e. The smallest absolute Gasteiger partial charge is 0.197 e. The van der Waals surface area contributed by atoms with Gasteiger partial charge in [0.05, 0.1) is 0 Å². The fraction of sp³-hybridized carbons (Fsp3) is 0.0625. The summed E-state index contributed by atoms with van der Waals surface area (Å²) >= 11 is 0. The summed E-state index contributed by atoms with van der Waals surface area (Å²) < 4.78 is 0. The van der Waals surface area contributed by atoms with Crippen molar-refractivity contribution >= 4 is 28.1 Å². The third kappa shape index (κ3) is 1.91. The number of hydrogen-bond acceptors (Lipinski definition) is 3. The van der Waals surface area contributed by atoms with Crippen LogP contribution in [0.25, 0.3) is 10.9 Å². The second-order valence-electron chi connectivity index (χ2n) is 4.93. The zero-order valence-electron chi connectivity index (χ0n) is 11.1. The number of carbonyl (C=O) groups is 1. The minimum absolute atomic E-state index is 0.0994. The highest BCUT2D eigenvalue weighted by Crippen LogP contribution is 2.25. The second kappa shape index (κ2) is 4.42. The molecule has 0 aliphatic heterocycles. The van der Waals surface area contributed by atoms with Crippen LogP contribution in [-0.4, -0.2) is 10.8 Å². The van der Waals surface area contributed by atoms with Gasteiger partial charge in [0.25, 0.3) is 0 Å². The van der Waals surface area contributed by atoms with Gasteiger partial charge in [-0.3, -0.25) is 4.79 Å². The lowest BCUT2D eigenvalue weighted by Crippen LogP contribution is -2.05. The van der Waals surface area contributed by atoms with Crippen LogP contribution in [0.5, 0.6) is 0 Å². The van der Waals surface area contributed by atoms with Crippen molar-refractivity contribution in [3.63, 3.8) is 0 Å². The molecule has 0 spiro atoms. The third-order valence-electron chi connectivity index (χ3n) is 3.40. The molecule has 0 unspecified atom stereocenters. The first-order valence-electron chi connectivity index (χ1n) is 6.33. The molecule has 1 heterocycles. The number of hydrogen-bond donors (Lipinski definition) is 3. The summed E-state index contributed by atoms with van der Waals surface area (Å²) in [6.07, 6.45) is 1.72. The number of rotatable bonds is 2. The van der Waals surface area contributed by atoms with E-state index in [9.17, 15) is 4.79 Å². The number of nitrogens with two attached hydrogens (primary N) is 2. The van der Waals surface area contributed by atoms with Gasteiger partial charge < -0.3 is 16.5 Å². The molecule has 0 amide bonds. The lowest BCUT2D eigenvalue weighted by molar-refractivity contribution is 0.104. The number of carbonyl (C=O) groups excluding carboxylic acids is 1. The van der Waals surface area contributed by atoms with E-state index in [0.29, 0.717) is 22.5 Å².